The number of nitrogens with zero attached hydrogens (tertiary/aromatic N) is 3. The van der Waals surface area contributed by atoms with E-state index in [4.69, 9.17) is 17.1 Å². The van der Waals surface area contributed by atoms with Gasteiger partial charge >= 0.3 is 0 Å². The summed E-state index contributed by atoms with van der Waals surface area (Å²) in [7, 11) is 3.23. The molecular weight excluding hydrogens is 164 g/mol. The zero-order valence-corrected chi connectivity index (χ0v) is 7.05. The Bertz CT molecular complexity index is 235. The number of H-pyrrole nitrogens is 1. The molecule has 0 spiro atoms. The van der Waals surface area contributed by atoms with Gasteiger partial charge in [-0.2, -0.15) is 5.10 Å². The van der Waals surface area contributed by atoms with Gasteiger partial charge in [0.2, 0.25) is 0 Å². The maximum atomic E-state index is 4.96. The van der Waals surface area contributed by atoms with E-state index in [9.17, 15) is 0 Å². The molecular formula is C5H8N4OS. The predicted molar refractivity (Wildman–Crippen MR) is 42.9 cm³/mol. The number of aromatic nitrogens is 3. The van der Waals surface area contributed by atoms with E-state index in [0.29, 0.717) is 10.8 Å². The average Bonchev–Trinajstić information content (AvgIpc) is 2.53. The van der Waals surface area contributed by atoms with E-state index in [-0.39, 0.29) is 0 Å². The summed E-state index contributed by atoms with van der Waals surface area (Å²) in [5, 5.41) is 7.71. The highest BCUT2D eigenvalue weighted by Gasteiger charge is 2.08. The Hall–Kier alpha value is -1.01. The molecule has 1 rings (SSSR count). The number of aromatic amines is 1. The summed E-state index contributed by atoms with van der Waals surface area (Å²) < 4.78 is 0. The van der Waals surface area contributed by atoms with Crippen LogP contribution in [0, 0.1) is 0 Å². The molecule has 0 unspecified atom stereocenters. The van der Waals surface area contributed by atoms with Crippen molar-refractivity contribution in [1.82, 2.24) is 20.2 Å². The number of hydrogen-bond acceptors (Lipinski definition) is 4. The van der Waals surface area contributed by atoms with Gasteiger partial charge in [-0.1, -0.05) is 12.2 Å². The number of nitrogens with one attached hydrogen (secondary N) is 1. The molecule has 0 radical (unpaired) electrons. The van der Waals surface area contributed by atoms with Gasteiger partial charge in [-0.15, -0.1) is 0 Å². The lowest BCUT2D eigenvalue weighted by molar-refractivity contribution is -0.0389. The molecule has 1 heterocycles. The Morgan fingerprint density at radius 1 is 1.82 bits per heavy atom. The maximum Gasteiger partial charge on any atom is 0.185 e. The second-order valence-corrected chi connectivity index (χ2v) is 2.21. The van der Waals surface area contributed by atoms with Gasteiger partial charge in [-0.25, -0.2) is 10.0 Å². The van der Waals surface area contributed by atoms with Crippen molar-refractivity contribution in [3.8, 4) is 0 Å². The second-order valence-electron chi connectivity index (χ2n) is 1.82. The van der Waals surface area contributed by atoms with Gasteiger partial charge in [0.05, 0.1) is 7.11 Å². The SMILES string of the molecule is CON(C)C(=S)c1ncn[nH]1. The van der Waals surface area contributed by atoms with E-state index >= 15 is 0 Å². The van der Waals surface area contributed by atoms with E-state index in [2.05, 4.69) is 15.2 Å². The lowest BCUT2D eigenvalue weighted by Gasteiger charge is -2.13. The molecule has 0 amide bonds. The molecule has 1 aromatic rings. The van der Waals surface area contributed by atoms with Gasteiger partial charge in [0.15, 0.2) is 10.8 Å². The van der Waals surface area contributed by atoms with E-state index in [1.165, 1.54) is 18.5 Å². The van der Waals surface area contributed by atoms with Crippen LogP contribution in [-0.2, 0) is 4.84 Å². The smallest absolute Gasteiger partial charge is 0.185 e. The molecule has 0 aliphatic rings. The number of hydroxylamine groups is 2. The molecule has 0 fully saturated rings. The summed E-state index contributed by atoms with van der Waals surface area (Å²) in [4.78, 5) is 9.17. The van der Waals surface area contributed by atoms with Crippen LogP contribution in [0.5, 0.6) is 0 Å². The lowest BCUT2D eigenvalue weighted by Crippen LogP contribution is -2.25. The van der Waals surface area contributed by atoms with Crippen LogP contribution in [0.4, 0.5) is 0 Å². The van der Waals surface area contributed by atoms with Gasteiger partial charge in [0.1, 0.15) is 6.33 Å². The number of thiocarbonyl (C=S) groups is 1. The van der Waals surface area contributed by atoms with Crippen molar-refractivity contribution < 1.29 is 4.84 Å². The fraction of sp³-hybridized carbons (Fsp3) is 0.400. The molecule has 0 saturated carbocycles. The molecule has 11 heavy (non-hydrogen) atoms. The molecule has 0 saturated heterocycles. The molecule has 0 bridgehead atoms. The number of rotatable bonds is 2. The summed E-state index contributed by atoms with van der Waals surface area (Å²) in [6.07, 6.45) is 1.39. The Morgan fingerprint density at radius 3 is 3.00 bits per heavy atom. The van der Waals surface area contributed by atoms with Crippen molar-refractivity contribution in [3.63, 3.8) is 0 Å². The highest BCUT2D eigenvalue weighted by atomic mass is 32.1. The minimum Gasteiger partial charge on any atom is -0.276 e. The first kappa shape index (κ1) is 8.09. The Kier molecular flexibility index (Phi) is 2.50. The monoisotopic (exact) mass is 172 g/mol. The zero-order chi connectivity index (χ0) is 8.27. The third-order valence-corrected chi connectivity index (χ3v) is 1.63. The fourth-order valence-corrected chi connectivity index (χ4v) is 0.713. The van der Waals surface area contributed by atoms with Gasteiger partial charge in [-0.05, 0) is 0 Å². The molecule has 0 aliphatic heterocycles. The van der Waals surface area contributed by atoms with Crippen molar-refractivity contribution in [3.05, 3.63) is 12.2 Å². The maximum absolute atomic E-state index is 4.96. The molecule has 5 nitrogen and oxygen atoms in total. The first-order chi connectivity index (χ1) is 5.25. The number of hydrogen-bond donors (Lipinski definition) is 1. The predicted octanol–water partition coefficient (Wildman–Crippen LogP) is -0.0266. The minimum atomic E-state index is 0.477. The van der Waals surface area contributed by atoms with Crippen molar-refractivity contribution in [2.24, 2.45) is 0 Å². The van der Waals surface area contributed by atoms with Crippen molar-refractivity contribution in [1.29, 1.82) is 0 Å². The third-order valence-electron chi connectivity index (χ3n) is 1.18. The van der Waals surface area contributed by atoms with Crippen LogP contribution in [0.15, 0.2) is 6.33 Å². The van der Waals surface area contributed by atoms with Crippen molar-refractivity contribution in [2.75, 3.05) is 14.2 Å². The zero-order valence-electron chi connectivity index (χ0n) is 6.24. The quantitative estimate of drug-likeness (QED) is 0.501. The minimum absolute atomic E-state index is 0.477. The van der Waals surface area contributed by atoms with E-state index in [0.717, 1.165) is 0 Å². The fourth-order valence-electron chi connectivity index (χ4n) is 0.541. The van der Waals surface area contributed by atoms with E-state index in [1.807, 2.05) is 0 Å². The van der Waals surface area contributed by atoms with Crippen LogP contribution in [0.25, 0.3) is 0 Å². The van der Waals surface area contributed by atoms with Crippen LogP contribution in [0.1, 0.15) is 5.82 Å². The molecule has 0 aromatic carbocycles. The van der Waals surface area contributed by atoms with Gasteiger partial charge < -0.3 is 0 Å². The van der Waals surface area contributed by atoms with Crippen LogP contribution in [-0.4, -0.2) is 39.4 Å². The molecule has 0 atom stereocenters. The van der Waals surface area contributed by atoms with Crippen LogP contribution in [0.2, 0.25) is 0 Å². The second kappa shape index (κ2) is 3.40. The van der Waals surface area contributed by atoms with Crippen LogP contribution >= 0.6 is 12.2 Å². The summed E-state index contributed by atoms with van der Waals surface area (Å²) >= 11 is 4.96. The summed E-state index contributed by atoms with van der Waals surface area (Å²) in [5.41, 5.74) is 0. The Morgan fingerprint density at radius 2 is 2.55 bits per heavy atom. The first-order valence-corrected chi connectivity index (χ1v) is 3.34. The van der Waals surface area contributed by atoms with Crippen molar-refractivity contribution in [2.45, 2.75) is 0 Å². The van der Waals surface area contributed by atoms with E-state index < -0.39 is 0 Å². The molecule has 60 valence electrons. The van der Waals surface area contributed by atoms with Crippen molar-refractivity contribution >= 4 is 17.2 Å². The van der Waals surface area contributed by atoms with Crippen LogP contribution in [0.3, 0.4) is 0 Å². The average molecular weight is 172 g/mol. The highest BCUT2D eigenvalue weighted by Crippen LogP contribution is 1.95. The normalized spacial score (nSPS) is 9.64. The largest absolute Gasteiger partial charge is 0.276 e. The summed E-state index contributed by atoms with van der Waals surface area (Å²) in [6, 6.07) is 0. The Labute approximate surface area is 69.3 Å². The summed E-state index contributed by atoms with van der Waals surface area (Å²) in [5.74, 6) is 0.532. The summed E-state index contributed by atoms with van der Waals surface area (Å²) in [6.45, 7) is 0. The molecule has 6 heteroatoms. The lowest BCUT2D eigenvalue weighted by atomic mass is 10.6. The van der Waals surface area contributed by atoms with Gasteiger partial charge in [0.25, 0.3) is 0 Å². The third kappa shape index (κ3) is 1.72. The highest BCUT2D eigenvalue weighted by molar-refractivity contribution is 7.80. The van der Waals surface area contributed by atoms with Crippen LogP contribution < -0.4 is 0 Å². The molecule has 1 N–H and O–H groups in total. The first-order valence-electron chi connectivity index (χ1n) is 2.93. The standard InChI is InChI=1S/C5H8N4OS/c1-9(10-2)5(11)4-6-3-7-8-4/h3H,1-2H3,(H,6,7,8). The topological polar surface area (TPSA) is 54.0 Å². The Balaban J connectivity index is 2.70. The van der Waals surface area contributed by atoms with Gasteiger partial charge in [0, 0.05) is 7.05 Å². The molecule has 0 aliphatic carbocycles. The van der Waals surface area contributed by atoms with E-state index in [1.54, 1.807) is 7.05 Å². The van der Waals surface area contributed by atoms with Gasteiger partial charge in [-0.3, -0.25) is 9.94 Å². The molecule has 1 aromatic heterocycles.